The lowest BCUT2D eigenvalue weighted by molar-refractivity contribution is 0.412. The third-order valence-corrected chi connectivity index (χ3v) is 4.08. The molecule has 0 spiro atoms. The van der Waals surface area contributed by atoms with E-state index in [4.69, 9.17) is 0 Å². The number of nitrogens with one attached hydrogen (secondary N) is 1. The van der Waals surface area contributed by atoms with Crippen molar-refractivity contribution in [3.8, 4) is 0 Å². The van der Waals surface area contributed by atoms with Crippen LogP contribution in [-0.4, -0.2) is 12.1 Å². The number of rotatable bonds is 3. The van der Waals surface area contributed by atoms with Gasteiger partial charge >= 0.3 is 0 Å². The highest BCUT2D eigenvalue weighted by molar-refractivity contribution is 5.29. The van der Waals surface area contributed by atoms with E-state index < -0.39 is 0 Å². The van der Waals surface area contributed by atoms with Gasteiger partial charge in [-0.3, -0.25) is 0 Å². The fourth-order valence-electron chi connectivity index (χ4n) is 2.88. The summed E-state index contributed by atoms with van der Waals surface area (Å²) in [6, 6.07) is 9.34. The third-order valence-electron chi connectivity index (χ3n) is 4.08. The molecule has 2 fully saturated rings. The Morgan fingerprint density at radius 3 is 2.56 bits per heavy atom. The fraction of sp³-hybridized carbons (Fsp3) is 0.600. The second-order valence-electron chi connectivity index (χ2n) is 5.78. The summed E-state index contributed by atoms with van der Waals surface area (Å²) in [4.78, 5) is 0. The van der Waals surface area contributed by atoms with E-state index in [0.29, 0.717) is 5.54 Å². The first-order valence-electron chi connectivity index (χ1n) is 6.59. The van der Waals surface area contributed by atoms with E-state index in [1.54, 1.807) is 5.56 Å². The molecule has 86 valence electrons. The molecule has 1 aromatic rings. The van der Waals surface area contributed by atoms with E-state index in [2.05, 4.69) is 36.5 Å². The van der Waals surface area contributed by atoms with Crippen molar-refractivity contribution in [2.45, 2.75) is 50.5 Å². The minimum atomic E-state index is 0.348. The van der Waals surface area contributed by atoms with E-state index in [1.807, 2.05) is 0 Å². The molecule has 1 unspecified atom stereocenters. The lowest BCUT2D eigenvalue weighted by Gasteiger charge is -2.24. The van der Waals surface area contributed by atoms with Gasteiger partial charge in [0.25, 0.3) is 0 Å². The summed E-state index contributed by atoms with van der Waals surface area (Å²) in [5.74, 6) is 0.884. The maximum atomic E-state index is 3.63. The lowest BCUT2D eigenvalue weighted by Crippen LogP contribution is -2.38. The molecule has 1 atom stereocenters. The van der Waals surface area contributed by atoms with E-state index in [-0.39, 0.29) is 0 Å². The van der Waals surface area contributed by atoms with Gasteiger partial charge in [-0.1, -0.05) is 24.3 Å². The van der Waals surface area contributed by atoms with Crippen LogP contribution in [0.5, 0.6) is 0 Å². The quantitative estimate of drug-likeness (QED) is 0.816. The molecule has 1 saturated heterocycles. The Labute approximate surface area is 98.3 Å². The predicted molar refractivity (Wildman–Crippen MR) is 67.8 cm³/mol. The molecule has 2 aliphatic rings. The van der Waals surface area contributed by atoms with Crippen molar-refractivity contribution in [2.75, 3.05) is 6.54 Å². The summed E-state index contributed by atoms with van der Waals surface area (Å²) >= 11 is 0. The van der Waals surface area contributed by atoms with Crippen LogP contribution in [-0.2, 0) is 6.42 Å². The summed E-state index contributed by atoms with van der Waals surface area (Å²) in [7, 11) is 0. The highest BCUT2D eigenvalue weighted by Gasteiger charge is 2.28. The highest BCUT2D eigenvalue weighted by Crippen LogP contribution is 2.40. The Morgan fingerprint density at radius 1 is 1.25 bits per heavy atom. The average Bonchev–Trinajstić information content (AvgIpc) is 3.04. The van der Waals surface area contributed by atoms with Crippen LogP contribution in [0.2, 0.25) is 0 Å². The van der Waals surface area contributed by atoms with Crippen LogP contribution in [0.15, 0.2) is 24.3 Å². The summed E-state index contributed by atoms with van der Waals surface area (Å²) in [6.07, 6.45) is 6.63. The molecule has 1 nitrogen and oxygen atoms in total. The molecule has 1 heterocycles. The van der Waals surface area contributed by atoms with Crippen LogP contribution < -0.4 is 5.32 Å². The summed E-state index contributed by atoms with van der Waals surface area (Å²) < 4.78 is 0. The molecule has 0 aromatic heterocycles. The van der Waals surface area contributed by atoms with Crippen molar-refractivity contribution in [3.63, 3.8) is 0 Å². The Balaban J connectivity index is 1.69. The third kappa shape index (κ3) is 2.15. The van der Waals surface area contributed by atoms with Crippen molar-refractivity contribution < 1.29 is 0 Å². The molecule has 1 aliphatic heterocycles. The summed E-state index contributed by atoms with van der Waals surface area (Å²) in [5.41, 5.74) is 3.38. The van der Waals surface area contributed by atoms with Gasteiger partial charge in [-0.25, -0.2) is 0 Å². The molecular weight excluding hydrogens is 194 g/mol. The maximum absolute atomic E-state index is 3.63. The van der Waals surface area contributed by atoms with Gasteiger partial charge in [-0.2, -0.15) is 0 Å². The predicted octanol–water partition coefficient (Wildman–Crippen LogP) is 3.25. The molecule has 1 saturated carbocycles. The second-order valence-corrected chi connectivity index (χ2v) is 5.78. The summed E-state index contributed by atoms with van der Waals surface area (Å²) in [6.45, 7) is 3.55. The Morgan fingerprint density at radius 2 is 2.00 bits per heavy atom. The van der Waals surface area contributed by atoms with Crippen molar-refractivity contribution >= 4 is 0 Å². The number of benzene rings is 1. The molecule has 16 heavy (non-hydrogen) atoms. The van der Waals surface area contributed by atoms with Crippen molar-refractivity contribution in [1.29, 1.82) is 0 Å². The molecule has 0 amide bonds. The molecule has 1 heteroatoms. The largest absolute Gasteiger partial charge is 0.311 e. The van der Waals surface area contributed by atoms with Crippen LogP contribution in [0.25, 0.3) is 0 Å². The Hall–Kier alpha value is -0.820. The van der Waals surface area contributed by atoms with Crippen molar-refractivity contribution in [2.24, 2.45) is 0 Å². The topological polar surface area (TPSA) is 12.0 Å². The number of hydrogen-bond acceptors (Lipinski definition) is 1. The van der Waals surface area contributed by atoms with Gasteiger partial charge in [0.1, 0.15) is 0 Å². The van der Waals surface area contributed by atoms with E-state index >= 15 is 0 Å². The molecule has 0 bridgehead atoms. The van der Waals surface area contributed by atoms with Gasteiger partial charge in [0.2, 0.25) is 0 Å². The van der Waals surface area contributed by atoms with E-state index in [0.717, 1.165) is 5.92 Å². The average molecular weight is 215 g/mol. The first-order chi connectivity index (χ1) is 7.75. The molecule has 0 radical (unpaired) electrons. The van der Waals surface area contributed by atoms with Crippen LogP contribution >= 0.6 is 0 Å². The van der Waals surface area contributed by atoms with Crippen LogP contribution in [0.1, 0.15) is 49.7 Å². The first kappa shape index (κ1) is 10.3. The van der Waals surface area contributed by atoms with Gasteiger partial charge < -0.3 is 5.32 Å². The zero-order chi connectivity index (χ0) is 11.0. The van der Waals surface area contributed by atoms with Crippen LogP contribution in [0.3, 0.4) is 0 Å². The van der Waals surface area contributed by atoms with Crippen molar-refractivity contribution in [1.82, 2.24) is 5.32 Å². The monoisotopic (exact) mass is 215 g/mol. The maximum Gasteiger partial charge on any atom is 0.0194 e. The first-order valence-corrected chi connectivity index (χ1v) is 6.59. The van der Waals surface area contributed by atoms with Crippen LogP contribution in [0, 0.1) is 0 Å². The van der Waals surface area contributed by atoms with Gasteiger partial charge in [0.05, 0.1) is 0 Å². The molecule has 1 aliphatic carbocycles. The Kier molecular flexibility index (Phi) is 2.51. The highest BCUT2D eigenvalue weighted by atomic mass is 15.0. The smallest absolute Gasteiger partial charge is 0.0194 e. The van der Waals surface area contributed by atoms with Gasteiger partial charge in [-0.05, 0) is 62.6 Å². The minimum Gasteiger partial charge on any atom is -0.311 e. The lowest BCUT2D eigenvalue weighted by atomic mass is 9.91. The minimum absolute atomic E-state index is 0.348. The zero-order valence-electron chi connectivity index (χ0n) is 10.1. The zero-order valence-corrected chi connectivity index (χ0v) is 10.1. The molecule has 1 aromatic carbocycles. The van der Waals surface area contributed by atoms with E-state index in [1.165, 1.54) is 44.2 Å². The van der Waals surface area contributed by atoms with Gasteiger partial charge in [-0.15, -0.1) is 0 Å². The Bertz CT molecular complexity index is 356. The normalized spacial score (nSPS) is 29.6. The standard InChI is InChI=1S/C15H21N/c1-15(9-2-10-16-15)11-12-3-5-13(6-4-12)14-7-8-14/h3-6,14,16H,2,7-11H2,1H3. The van der Waals surface area contributed by atoms with Gasteiger partial charge in [0.15, 0.2) is 0 Å². The molecule has 3 rings (SSSR count). The number of hydrogen-bond donors (Lipinski definition) is 1. The fourth-order valence-corrected chi connectivity index (χ4v) is 2.88. The van der Waals surface area contributed by atoms with Gasteiger partial charge in [0, 0.05) is 5.54 Å². The van der Waals surface area contributed by atoms with Crippen molar-refractivity contribution in [3.05, 3.63) is 35.4 Å². The second kappa shape index (κ2) is 3.89. The SMILES string of the molecule is CC1(Cc2ccc(C3CC3)cc2)CCCN1. The summed E-state index contributed by atoms with van der Waals surface area (Å²) in [5, 5.41) is 3.63. The molecular formula is C15H21N. The van der Waals surface area contributed by atoms with E-state index in [9.17, 15) is 0 Å². The van der Waals surface area contributed by atoms with Crippen LogP contribution in [0.4, 0.5) is 0 Å². The molecule has 1 N–H and O–H groups in total.